The van der Waals surface area contributed by atoms with Gasteiger partial charge in [0, 0.05) is 13.1 Å². The molecule has 2 rings (SSSR count). The number of rotatable bonds is 2. The summed E-state index contributed by atoms with van der Waals surface area (Å²) in [5.74, 6) is -0.266. The van der Waals surface area contributed by atoms with Gasteiger partial charge in [-0.05, 0) is 32.4 Å². The topological polar surface area (TPSA) is 77.8 Å². The van der Waals surface area contributed by atoms with Crippen LogP contribution in [-0.4, -0.2) is 51.6 Å². The van der Waals surface area contributed by atoms with Crippen LogP contribution in [0, 0.1) is 0 Å². The number of ketones is 1. The number of carbonyl (C=O) groups is 2. The van der Waals surface area contributed by atoms with Gasteiger partial charge in [0.1, 0.15) is 0 Å². The minimum absolute atomic E-state index is 0.0642. The van der Waals surface area contributed by atoms with Gasteiger partial charge < -0.3 is 15.1 Å². The van der Waals surface area contributed by atoms with E-state index in [2.05, 4.69) is 0 Å². The predicted octanol–water partition coefficient (Wildman–Crippen LogP) is 0.909. The number of Topliss-reactive ketones (excluding diaryl/α,β-unsaturated/α-hetero) is 1. The Bertz CT molecular complexity index is 508. The summed E-state index contributed by atoms with van der Waals surface area (Å²) >= 11 is 1.16. The predicted molar refractivity (Wildman–Crippen MR) is 71.5 cm³/mol. The SMILES string of the molecule is CC(=O)c1ccc(C(=O)N2CC[C@](C)(O)[C@H](O)C2)s1. The molecule has 2 N–H and O–H groups in total. The van der Waals surface area contributed by atoms with E-state index in [9.17, 15) is 19.8 Å². The molecule has 1 aromatic rings. The number of β-amino-alcohol motifs (C(OH)–C–C–N with tert-alkyl or cyclic N) is 1. The minimum atomic E-state index is -1.14. The number of hydrogen-bond acceptors (Lipinski definition) is 5. The molecule has 0 aliphatic carbocycles. The second-order valence-electron chi connectivity index (χ2n) is 5.09. The van der Waals surface area contributed by atoms with Gasteiger partial charge in [0.15, 0.2) is 5.78 Å². The fourth-order valence-corrected chi connectivity index (χ4v) is 2.88. The fourth-order valence-electron chi connectivity index (χ4n) is 2.01. The summed E-state index contributed by atoms with van der Waals surface area (Å²) in [4.78, 5) is 26.0. The zero-order valence-corrected chi connectivity index (χ0v) is 11.7. The summed E-state index contributed by atoms with van der Waals surface area (Å²) in [6.45, 7) is 3.54. The van der Waals surface area contributed by atoms with Gasteiger partial charge in [-0.2, -0.15) is 0 Å². The molecule has 1 aliphatic rings. The normalized spacial score (nSPS) is 27.4. The molecule has 1 aromatic heterocycles. The number of thiophene rings is 1. The quantitative estimate of drug-likeness (QED) is 0.791. The van der Waals surface area contributed by atoms with Crippen molar-refractivity contribution < 1.29 is 19.8 Å². The maximum absolute atomic E-state index is 12.2. The van der Waals surface area contributed by atoms with Crippen LogP contribution in [0.1, 0.15) is 39.6 Å². The van der Waals surface area contributed by atoms with Gasteiger partial charge in [-0.15, -0.1) is 11.3 Å². The molecular formula is C13H17NO4S. The number of aliphatic hydroxyl groups excluding tert-OH is 1. The van der Waals surface area contributed by atoms with Crippen molar-refractivity contribution >= 4 is 23.0 Å². The smallest absolute Gasteiger partial charge is 0.264 e. The molecule has 104 valence electrons. The van der Waals surface area contributed by atoms with Crippen LogP contribution in [0.15, 0.2) is 12.1 Å². The van der Waals surface area contributed by atoms with Crippen LogP contribution < -0.4 is 0 Å². The number of piperidine rings is 1. The first-order chi connectivity index (χ1) is 8.81. The first-order valence-electron chi connectivity index (χ1n) is 6.12. The van der Waals surface area contributed by atoms with Crippen LogP contribution in [-0.2, 0) is 0 Å². The molecule has 1 aliphatic heterocycles. The molecule has 1 amide bonds. The zero-order valence-electron chi connectivity index (χ0n) is 10.9. The third-order valence-electron chi connectivity index (χ3n) is 3.45. The van der Waals surface area contributed by atoms with Crippen molar-refractivity contribution in [2.24, 2.45) is 0 Å². The number of hydrogen-bond donors (Lipinski definition) is 2. The lowest BCUT2D eigenvalue weighted by Crippen LogP contribution is -2.55. The molecule has 6 heteroatoms. The lowest BCUT2D eigenvalue weighted by molar-refractivity contribution is -0.0998. The Morgan fingerprint density at radius 3 is 2.58 bits per heavy atom. The first kappa shape index (κ1) is 14.2. The summed E-state index contributed by atoms with van der Waals surface area (Å²) < 4.78 is 0. The Morgan fingerprint density at radius 2 is 2.05 bits per heavy atom. The van der Waals surface area contributed by atoms with Crippen molar-refractivity contribution in [2.75, 3.05) is 13.1 Å². The Kier molecular flexibility index (Phi) is 3.75. The van der Waals surface area contributed by atoms with Gasteiger partial charge in [-0.1, -0.05) is 0 Å². The molecule has 2 atom stereocenters. The molecule has 1 fully saturated rings. The van der Waals surface area contributed by atoms with E-state index in [1.165, 1.54) is 11.8 Å². The first-order valence-corrected chi connectivity index (χ1v) is 6.93. The maximum atomic E-state index is 12.2. The highest BCUT2D eigenvalue weighted by Gasteiger charge is 2.38. The summed E-state index contributed by atoms with van der Waals surface area (Å²) in [5, 5.41) is 19.7. The highest BCUT2D eigenvalue weighted by atomic mass is 32.1. The number of carbonyl (C=O) groups excluding carboxylic acids is 2. The summed E-state index contributed by atoms with van der Waals surface area (Å²) in [5.41, 5.74) is -1.14. The van der Waals surface area contributed by atoms with Crippen LogP contribution in [0.3, 0.4) is 0 Å². The number of aliphatic hydroxyl groups is 2. The largest absolute Gasteiger partial charge is 0.388 e. The molecule has 2 heterocycles. The number of likely N-dealkylation sites (tertiary alicyclic amines) is 1. The van der Waals surface area contributed by atoms with Gasteiger partial charge in [-0.25, -0.2) is 0 Å². The lowest BCUT2D eigenvalue weighted by Gasteiger charge is -2.39. The Labute approximate surface area is 115 Å². The highest BCUT2D eigenvalue weighted by molar-refractivity contribution is 7.15. The van der Waals surface area contributed by atoms with E-state index in [0.717, 1.165) is 11.3 Å². The van der Waals surface area contributed by atoms with E-state index in [-0.39, 0.29) is 18.2 Å². The standard InChI is InChI=1S/C13H17NO4S/c1-8(15)9-3-4-10(19-9)12(17)14-6-5-13(2,18)11(16)7-14/h3-4,11,16,18H,5-7H2,1-2H3/t11-,13+/m1/s1. The van der Waals surface area contributed by atoms with Crippen LogP contribution in [0.5, 0.6) is 0 Å². The Balaban J connectivity index is 2.10. The molecule has 0 spiro atoms. The van der Waals surface area contributed by atoms with E-state index >= 15 is 0 Å². The Hall–Kier alpha value is -1.24. The van der Waals surface area contributed by atoms with E-state index < -0.39 is 11.7 Å². The monoisotopic (exact) mass is 283 g/mol. The van der Waals surface area contributed by atoms with Crippen LogP contribution in [0.25, 0.3) is 0 Å². The van der Waals surface area contributed by atoms with Gasteiger partial charge >= 0.3 is 0 Å². The molecule has 19 heavy (non-hydrogen) atoms. The van der Waals surface area contributed by atoms with E-state index in [4.69, 9.17) is 0 Å². The van der Waals surface area contributed by atoms with E-state index in [1.54, 1.807) is 19.1 Å². The van der Waals surface area contributed by atoms with Crippen molar-refractivity contribution in [1.29, 1.82) is 0 Å². The highest BCUT2D eigenvalue weighted by Crippen LogP contribution is 2.25. The summed E-state index contributed by atoms with van der Waals surface area (Å²) in [6, 6.07) is 3.26. The van der Waals surface area contributed by atoms with Crippen molar-refractivity contribution in [3.8, 4) is 0 Å². The van der Waals surface area contributed by atoms with Gasteiger partial charge in [0.25, 0.3) is 5.91 Å². The summed E-state index contributed by atoms with van der Waals surface area (Å²) in [6.07, 6.45) is -0.609. The molecule has 5 nitrogen and oxygen atoms in total. The van der Waals surface area contributed by atoms with Gasteiger partial charge in [0.05, 0.1) is 21.5 Å². The molecule has 0 aromatic carbocycles. The average molecular weight is 283 g/mol. The fraction of sp³-hybridized carbons (Fsp3) is 0.538. The molecule has 0 unspecified atom stereocenters. The molecular weight excluding hydrogens is 266 g/mol. The minimum Gasteiger partial charge on any atom is -0.388 e. The van der Waals surface area contributed by atoms with Crippen molar-refractivity contribution in [3.63, 3.8) is 0 Å². The summed E-state index contributed by atoms with van der Waals surface area (Å²) in [7, 11) is 0. The maximum Gasteiger partial charge on any atom is 0.264 e. The second-order valence-corrected chi connectivity index (χ2v) is 6.18. The van der Waals surface area contributed by atoms with E-state index in [0.29, 0.717) is 22.7 Å². The zero-order chi connectivity index (χ0) is 14.2. The third-order valence-corrected chi connectivity index (χ3v) is 4.62. The number of amides is 1. The van der Waals surface area contributed by atoms with Gasteiger partial charge in [-0.3, -0.25) is 9.59 Å². The van der Waals surface area contributed by atoms with Gasteiger partial charge in [0.2, 0.25) is 0 Å². The second kappa shape index (κ2) is 5.03. The van der Waals surface area contributed by atoms with Crippen LogP contribution >= 0.6 is 11.3 Å². The third kappa shape index (κ3) is 2.86. The Morgan fingerprint density at radius 1 is 1.42 bits per heavy atom. The average Bonchev–Trinajstić information content (AvgIpc) is 2.81. The van der Waals surface area contributed by atoms with Crippen molar-refractivity contribution in [1.82, 2.24) is 4.90 Å². The molecule has 0 radical (unpaired) electrons. The lowest BCUT2D eigenvalue weighted by atomic mass is 9.91. The molecule has 0 saturated carbocycles. The molecule has 1 saturated heterocycles. The number of nitrogens with zero attached hydrogens (tertiary/aromatic N) is 1. The van der Waals surface area contributed by atoms with Crippen LogP contribution in [0.4, 0.5) is 0 Å². The van der Waals surface area contributed by atoms with Crippen molar-refractivity contribution in [3.05, 3.63) is 21.9 Å². The van der Waals surface area contributed by atoms with Crippen molar-refractivity contribution in [2.45, 2.75) is 32.0 Å². The van der Waals surface area contributed by atoms with E-state index in [1.807, 2.05) is 0 Å². The molecule has 0 bridgehead atoms. The van der Waals surface area contributed by atoms with Crippen LogP contribution in [0.2, 0.25) is 0 Å².